The van der Waals surface area contributed by atoms with E-state index in [1.54, 1.807) is 29.1 Å². The zero-order valence-corrected chi connectivity index (χ0v) is 22.8. The van der Waals surface area contributed by atoms with Crippen LogP contribution in [0.4, 0.5) is 5.13 Å². The van der Waals surface area contributed by atoms with Crippen LogP contribution in [0.3, 0.4) is 0 Å². The molecule has 0 radical (unpaired) electrons. The largest absolute Gasteiger partial charge is 0.410 e. The molecule has 1 fully saturated rings. The molecule has 11 nitrogen and oxygen atoms in total. The number of amides is 2. The number of nitrogens with zero attached hydrogens (tertiary/aromatic N) is 4. The second-order valence-corrected chi connectivity index (χ2v) is 12.0. The average molecular weight is 584 g/mol. The van der Waals surface area contributed by atoms with E-state index in [-0.39, 0.29) is 26.4 Å². The number of ether oxygens (including phenoxy) is 1. The Labute approximate surface area is 231 Å². The summed E-state index contributed by atoms with van der Waals surface area (Å²) in [6.45, 7) is 1.82. The summed E-state index contributed by atoms with van der Waals surface area (Å²) in [5.74, 6) is -0.370. The highest BCUT2D eigenvalue weighted by Crippen LogP contribution is 2.42. The number of hydrogen-bond donors (Lipinski definition) is 4. The molecule has 4 rings (SSSR count). The number of halogens is 1. The molecule has 1 saturated heterocycles. The second-order valence-electron chi connectivity index (χ2n) is 8.10. The molecule has 15 heteroatoms. The van der Waals surface area contributed by atoms with Crippen LogP contribution in [0.25, 0.3) is 0 Å². The quantitative estimate of drug-likeness (QED) is 0.0957. The maximum absolute atomic E-state index is 12.8. The molecule has 2 aromatic heterocycles. The van der Waals surface area contributed by atoms with Crippen molar-refractivity contribution in [1.29, 1.82) is 0 Å². The fourth-order valence-electron chi connectivity index (χ4n) is 3.69. The van der Waals surface area contributed by atoms with Crippen molar-refractivity contribution in [2.45, 2.75) is 42.2 Å². The van der Waals surface area contributed by atoms with Crippen LogP contribution in [0.5, 0.6) is 0 Å². The predicted molar refractivity (Wildman–Crippen MR) is 146 cm³/mol. The number of nitrogens with one attached hydrogen (secondary N) is 1. The molecule has 37 heavy (non-hydrogen) atoms. The Morgan fingerprint density at radius 3 is 2.97 bits per heavy atom. The van der Waals surface area contributed by atoms with Gasteiger partial charge in [-0.15, -0.1) is 11.8 Å². The first-order chi connectivity index (χ1) is 17.9. The minimum absolute atomic E-state index is 0.0321. The van der Waals surface area contributed by atoms with Gasteiger partial charge in [0.2, 0.25) is 0 Å². The van der Waals surface area contributed by atoms with Crippen LogP contribution in [-0.4, -0.2) is 67.9 Å². The first-order valence-electron chi connectivity index (χ1n) is 11.4. The van der Waals surface area contributed by atoms with Gasteiger partial charge in [-0.25, -0.2) is 4.98 Å². The van der Waals surface area contributed by atoms with E-state index in [0.29, 0.717) is 25.5 Å². The van der Waals surface area contributed by atoms with Crippen LogP contribution in [-0.2, 0) is 20.9 Å². The Kier molecular flexibility index (Phi) is 9.67. The number of thiazole rings is 1. The molecule has 2 aromatic rings. The number of hydrogen-bond acceptors (Lipinski definition) is 12. The third kappa shape index (κ3) is 6.56. The summed E-state index contributed by atoms with van der Waals surface area (Å²) < 4.78 is 5.93. The molecule has 4 heterocycles. The lowest BCUT2D eigenvalue weighted by Crippen LogP contribution is -2.69. The molecule has 2 amide bonds. The minimum atomic E-state index is -0.768. The van der Waals surface area contributed by atoms with E-state index in [1.165, 1.54) is 11.8 Å². The number of pyridine rings is 1. The van der Waals surface area contributed by atoms with Crippen molar-refractivity contribution in [3.63, 3.8) is 0 Å². The molecule has 0 aliphatic carbocycles. The number of unbranched alkanes of at least 4 members (excludes halogenated alkanes) is 2. The second kappa shape index (κ2) is 12.9. The summed E-state index contributed by atoms with van der Waals surface area (Å²) in [6, 6.07) is 1.17. The van der Waals surface area contributed by atoms with E-state index < -0.39 is 17.7 Å². The van der Waals surface area contributed by atoms with E-state index in [9.17, 15) is 14.8 Å². The molecule has 0 bridgehead atoms. The van der Waals surface area contributed by atoms with E-state index in [0.717, 1.165) is 46.0 Å². The van der Waals surface area contributed by atoms with Gasteiger partial charge in [0.1, 0.15) is 21.4 Å². The van der Waals surface area contributed by atoms with Gasteiger partial charge in [0.05, 0.1) is 6.61 Å². The topological polar surface area (TPSA) is 169 Å². The highest BCUT2D eigenvalue weighted by Gasteiger charge is 2.50. The summed E-state index contributed by atoms with van der Waals surface area (Å²) in [5.41, 5.74) is 11.7. The van der Waals surface area contributed by atoms with Crippen molar-refractivity contribution in [3.05, 3.63) is 45.2 Å². The van der Waals surface area contributed by atoms with Gasteiger partial charge in [-0.1, -0.05) is 39.9 Å². The lowest BCUT2D eigenvalue weighted by atomic mass is 10.1. The van der Waals surface area contributed by atoms with Crippen molar-refractivity contribution in [3.8, 4) is 0 Å². The van der Waals surface area contributed by atoms with E-state index >= 15 is 0 Å². The van der Waals surface area contributed by atoms with Gasteiger partial charge in [0, 0.05) is 46.3 Å². The van der Waals surface area contributed by atoms with Crippen molar-refractivity contribution < 1.29 is 19.5 Å². The maximum Gasteiger partial charge on any atom is 0.276 e. The average Bonchev–Trinajstić information content (AvgIpc) is 3.23. The number of oxime groups is 1. The van der Waals surface area contributed by atoms with Gasteiger partial charge in [-0.2, -0.15) is 0 Å². The zero-order valence-electron chi connectivity index (χ0n) is 19.6. The number of thioether (sulfide) groups is 2. The summed E-state index contributed by atoms with van der Waals surface area (Å²) in [6.07, 6.45) is 8.35. The van der Waals surface area contributed by atoms with Crippen molar-refractivity contribution in [1.82, 2.24) is 20.2 Å². The van der Waals surface area contributed by atoms with Crippen LogP contribution in [0.15, 0.2) is 39.6 Å². The number of carbonyl (C=O) groups is 2. The van der Waals surface area contributed by atoms with Gasteiger partial charge in [0.25, 0.3) is 11.8 Å². The van der Waals surface area contributed by atoms with Crippen LogP contribution < -0.4 is 16.8 Å². The highest BCUT2D eigenvalue weighted by atomic mass is 35.5. The molecule has 0 unspecified atom stereocenters. The van der Waals surface area contributed by atoms with Crippen LogP contribution >= 0.6 is 46.5 Å². The van der Waals surface area contributed by atoms with E-state index in [1.807, 2.05) is 12.3 Å². The van der Waals surface area contributed by atoms with Crippen LogP contribution in [0.2, 0.25) is 4.34 Å². The molecule has 0 aromatic carbocycles. The molecule has 198 valence electrons. The number of nitrogen functional groups attached to an aromatic ring is 1. The summed E-state index contributed by atoms with van der Waals surface area (Å²) in [5, 5.41) is 14.8. The lowest BCUT2D eigenvalue weighted by Gasteiger charge is -2.47. The molecule has 0 spiro atoms. The number of anilines is 1. The maximum atomic E-state index is 12.8. The third-order valence-electron chi connectivity index (χ3n) is 5.54. The zero-order chi connectivity index (χ0) is 26.4. The fraction of sp³-hybridized carbons (Fsp3) is 0.409. The normalized spacial score (nSPS) is 19.3. The van der Waals surface area contributed by atoms with Crippen molar-refractivity contribution in [2.75, 3.05) is 24.6 Å². The SMILES string of the molecule is NCCCCCOCc1cnccc1SC1=CN2C(=O)[C@@H](NC(=O)/C(=N\O)c3nc(N)sc3Cl)[C@H]2SC1. The van der Waals surface area contributed by atoms with Gasteiger partial charge in [-0.3, -0.25) is 14.6 Å². The Morgan fingerprint density at radius 2 is 2.24 bits per heavy atom. The summed E-state index contributed by atoms with van der Waals surface area (Å²) >= 11 is 10.1. The first kappa shape index (κ1) is 27.7. The minimum Gasteiger partial charge on any atom is -0.410 e. The first-order valence-corrected chi connectivity index (χ1v) is 14.5. The number of nitrogens with two attached hydrogens (primary N) is 2. The van der Waals surface area contributed by atoms with Gasteiger partial charge >= 0.3 is 0 Å². The van der Waals surface area contributed by atoms with Gasteiger partial charge < -0.3 is 31.6 Å². The van der Waals surface area contributed by atoms with Gasteiger partial charge in [0.15, 0.2) is 10.8 Å². The predicted octanol–water partition coefficient (Wildman–Crippen LogP) is 2.63. The molecule has 0 saturated carbocycles. The molecular formula is C22H26ClN7O4S3. The highest BCUT2D eigenvalue weighted by molar-refractivity contribution is 8.06. The number of fused-ring (bicyclic) bond motifs is 1. The van der Waals surface area contributed by atoms with E-state index in [4.69, 9.17) is 27.8 Å². The fourth-order valence-corrected chi connectivity index (χ4v) is 6.99. The summed E-state index contributed by atoms with van der Waals surface area (Å²) in [7, 11) is 0. The smallest absolute Gasteiger partial charge is 0.276 e. The monoisotopic (exact) mass is 583 g/mol. The Hall–Kier alpha value is -2.36. The standard InChI is InChI=1S/C22H26ClN7O4S3/c23-18-15(28-22(25)37-18)16(29-33)19(31)27-17-20(32)30-9-13(11-35-21(17)30)36-14-4-6-26-8-12(14)10-34-7-3-1-2-5-24/h4,6,8-9,17,21,33H,1-3,5,7,10-11,24H2,(H2,25,28)(H,27,31)/b29-16-/t17-,21-/m1/s1. The molecule has 2 aliphatic heterocycles. The molecule has 2 atom stereocenters. The molecular weight excluding hydrogens is 558 g/mol. The molecule has 2 aliphatic rings. The Morgan fingerprint density at radius 1 is 1.41 bits per heavy atom. The van der Waals surface area contributed by atoms with E-state index in [2.05, 4.69) is 20.4 Å². The number of β-lactam (4-membered cyclic amide) rings is 1. The Bertz CT molecular complexity index is 1210. The van der Waals surface area contributed by atoms with Gasteiger partial charge in [-0.05, 0) is 31.9 Å². The number of carbonyl (C=O) groups excluding carboxylic acids is 2. The number of rotatable bonds is 12. The summed E-state index contributed by atoms with van der Waals surface area (Å²) in [4.78, 5) is 37.3. The van der Waals surface area contributed by atoms with Crippen LogP contribution in [0, 0.1) is 0 Å². The Balaban J connectivity index is 1.34. The number of aromatic nitrogens is 2. The third-order valence-corrected chi connectivity index (χ3v) is 9.25. The molecule has 6 N–H and O–H groups in total. The van der Waals surface area contributed by atoms with Crippen LogP contribution in [0.1, 0.15) is 30.5 Å². The lowest BCUT2D eigenvalue weighted by molar-refractivity contribution is -0.143. The van der Waals surface area contributed by atoms with Crippen molar-refractivity contribution in [2.24, 2.45) is 10.9 Å². The van der Waals surface area contributed by atoms with Crippen molar-refractivity contribution >= 4 is 69.1 Å².